The minimum absolute atomic E-state index is 0.0465. The molecule has 2 rings (SSSR count). The quantitative estimate of drug-likeness (QED) is 0.860. The lowest BCUT2D eigenvalue weighted by molar-refractivity contribution is 0.0406. The molecule has 17 heavy (non-hydrogen) atoms. The largest absolute Gasteiger partial charge is 0.494 e. The maximum absolute atomic E-state index is 10.5. The monoisotopic (exact) mass is 234 g/mol. The third-order valence-corrected chi connectivity index (χ3v) is 3.89. The Bertz CT molecular complexity index is 367. The summed E-state index contributed by atoms with van der Waals surface area (Å²) in [5, 5.41) is 10.5. The zero-order valence-corrected chi connectivity index (χ0v) is 10.8. The van der Waals surface area contributed by atoms with E-state index in [-0.39, 0.29) is 11.5 Å². The second-order valence-electron chi connectivity index (χ2n) is 5.27. The van der Waals surface area contributed by atoms with E-state index in [9.17, 15) is 5.11 Å². The van der Waals surface area contributed by atoms with Crippen LogP contribution in [-0.4, -0.2) is 11.7 Å². The van der Waals surface area contributed by atoms with Crippen molar-refractivity contribution in [2.45, 2.75) is 45.6 Å². The first kappa shape index (κ1) is 12.4. The van der Waals surface area contributed by atoms with Gasteiger partial charge < -0.3 is 9.84 Å². The zero-order chi connectivity index (χ0) is 12.3. The molecular formula is C15H22O2. The van der Waals surface area contributed by atoms with Crippen LogP contribution >= 0.6 is 0 Å². The van der Waals surface area contributed by atoms with Crippen molar-refractivity contribution < 1.29 is 9.84 Å². The molecule has 2 nitrogen and oxygen atoms in total. The van der Waals surface area contributed by atoms with E-state index in [1.165, 1.54) is 12.8 Å². The Morgan fingerprint density at radius 3 is 2.71 bits per heavy atom. The van der Waals surface area contributed by atoms with Crippen molar-refractivity contribution in [3.05, 3.63) is 29.8 Å². The van der Waals surface area contributed by atoms with Crippen LogP contribution in [-0.2, 0) is 0 Å². The first-order valence-corrected chi connectivity index (χ1v) is 6.56. The van der Waals surface area contributed by atoms with Crippen molar-refractivity contribution >= 4 is 0 Å². The van der Waals surface area contributed by atoms with Crippen LogP contribution in [0.4, 0.5) is 0 Å². The van der Waals surface area contributed by atoms with Crippen molar-refractivity contribution in [1.29, 1.82) is 0 Å². The Balaban J connectivity index is 2.18. The number of hydrogen-bond acceptors (Lipinski definition) is 2. The van der Waals surface area contributed by atoms with E-state index in [1.807, 2.05) is 31.2 Å². The van der Waals surface area contributed by atoms with Crippen LogP contribution in [0.2, 0.25) is 0 Å². The molecule has 1 aromatic carbocycles. The number of ether oxygens (including phenoxy) is 1. The van der Waals surface area contributed by atoms with Gasteiger partial charge in [0.25, 0.3) is 0 Å². The minimum Gasteiger partial charge on any atom is -0.494 e. The molecule has 1 atom stereocenters. The molecule has 1 aliphatic carbocycles. The standard InChI is InChI=1S/C15H22O2/c1-3-17-13-8-6-7-12(11-13)14(16)15(2)9-4-5-10-15/h6-8,11,14,16H,3-5,9-10H2,1-2H3. The highest BCUT2D eigenvalue weighted by molar-refractivity contribution is 5.31. The van der Waals surface area contributed by atoms with Crippen molar-refractivity contribution in [2.75, 3.05) is 6.61 Å². The fourth-order valence-electron chi connectivity index (χ4n) is 2.80. The number of benzene rings is 1. The van der Waals surface area contributed by atoms with Gasteiger partial charge in [-0.15, -0.1) is 0 Å². The second kappa shape index (κ2) is 5.09. The molecule has 94 valence electrons. The summed E-state index contributed by atoms with van der Waals surface area (Å²) in [6.07, 6.45) is 4.34. The molecule has 1 fully saturated rings. The molecule has 0 bridgehead atoms. The van der Waals surface area contributed by atoms with Gasteiger partial charge in [0.1, 0.15) is 5.75 Å². The molecule has 1 unspecified atom stereocenters. The van der Waals surface area contributed by atoms with Gasteiger partial charge in [-0.2, -0.15) is 0 Å². The van der Waals surface area contributed by atoms with E-state index < -0.39 is 0 Å². The molecule has 2 heteroatoms. The van der Waals surface area contributed by atoms with Crippen LogP contribution < -0.4 is 4.74 Å². The normalized spacial score (nSPS) is 20.2. The van der Waals surface area contributed by atoms with Gasteiger partial charge in [0.15, 0.2) is 0 Å². The SMILES string of the molecule is CCOc1cccc(C(O)C2(C)CCCC2)c1. The molecule has 0 amide bonds. The van der Waals surface area contributed by atoms with E-state index in [4.69, 9.17) is 4.74 Å². The topological polar surface area (TPSA) is 29.5 Å². The van der Waals surface area contributed by atoms with Crippen LogP contribution in [0.3, 0.4) is 0 Å². The Labute approximate surface area is 104 Å². The first-order chi connectivity index (χ1) is 8.15. The Kier molecular flexibility index (Phi) is 3.72. The van der Waals surface area contributed by atoms with Gasteiger partial charge in [-0.25, -0.2) is 0 Å². The summed E-state index contributed by atoms with van der Waals surface area (Å²) in [4.78, 5) is 0. The summed E-state index contributed by atoms with van der Waals surface area (Å²) in [7, 11) is 0. The molecule has 0 heterocycles. The van der Waals surface area contributed by atoms with Crippen LogP contribution in [0.1, 0.15) is 51.2 Å². The summed E-state index contributed by atoms with van der Waals surface area (Å²) in [6, 6.07) is 7.87. The molecule has 1 aliphatic rings. The number of aliphatic hydroxyl groups excluding tert-OH is 1. The maximum atomic E-state index is 10.5. The van der Waals surface area contributed by atoms with Crippen LogP contribution in [0.5, 0.6) is 5.75 Å². The Morgan fingerprint density at radius 2 is 2.06 bits per heavy atom. The molecule has 0 aromatic heterocycles. The molecule has 0 spiro atoms. The van der Waals surface area contributed by atoms with Crippen LogP contribution in [0.15, 0.2) is 24.3 Å². The first-order valence-electron chi connectivity index (χ1n) is 6.56. The molecular weight excluding hydrogens is 212 g/mol. The lowest BCUT2D eigenvalue weighted by Gasteiger charge is -2.30. The average Bonchev–Trinajstić information content (AvgIpc) is 2.77. The van der Waals surface area contributed by atoms with Crippen molar-refractivity contribution in [3.8, 4) is 5.75 Å². The summed E-state index contributed by atoms with van der Waals surface area (Å²) in [5.74, 6) is 0.852. The summed E-state index contributed by atoms with van der Waals surface area (Å²) in [5.41, 5.74) is 1.03. The molecule has 0 radical (unpaired) electrons. The smallest absolute Gasteiger partial charge is 0.119 e. The van der Waals surface area contributed by atoms with E-state index in [2.05, 4.69) is 6.92 Å². The maximum Gasteiger partial charge on any atom is 0.119 e. The molecule has 1 N–H and O–H groups in total. The molecule has 1 saturated carbocycles. The van der Waals surface area contributed by atoms with Gasteiger partial charge in [0.05, 0.1) is 12.7 Å². The van der Waals surface area contributed by atoms with E-state index in [0.717, 1.165) is 24.2 Å². The van der Waals surface area contributed by atoms with E-state index in [0.29, 0.717) is 6.61 Å². The summed E-state index contributed by atoms with van der Waals surface area (Å²) < 4.78 is 5.48. The highest BCUT2D eigenvalue weighted by atomic mass is 16.5. The van der Waals surface area contributed by atoms with Gasteiger partial charge in [-0.3, -0.25) is 0 Å². The second-order valence-corrected chi connectivity index (χ2v) is 5.27. The van der Waals surface area contributed by atoms with Gasteiger partial charge in [0.2, 0.25) is 0 Å². The van der Waals surface area contributed by atoms with Gasteiger partial charge in [-0.05, 0) is 42.9 Å². The lowest BCUT2D eigenvalue weighted by atomic mass is 9.79. The predicted molar refractivity (Wildman–Crippen MR) is 69.1 cm³/mol. The Hall–Kier alpha value is -1.02. The number of aliphatic hydroxyl groups is 1. The molecule has 0 aliphatic heterocycles. The van der Waals surface area contributed by atoms with Gasteiger partial charge >= 0.3 is 0 Å². The number of hydrogen-bond donors (Lipinski definition) is 1. The van der Waals surface area contributed by atoms with Crippen molar-refractivity contribution in [2.24, 2.45) is 5.41 Å². The fraction of sp³-hybridized carbons (Fsp3) is 0.600. The third-order valence-electron chi connectivity index (χ3n) is 3.89. The molecule has 0 saturated heterocycles. The fourth-order valence-corrected chi connectivity index (χ4v) is 2.80. The van der Waals surface area contributed by atoms with Crippen molar-refractivity contribution in [1.82, 2.24) is 0 Å². The third kappa shape index (κ3) is 2.63. The number of rotatable bonds is 4. The Morgan fingerprint density at radius 1 is 1.35 bits per heavy atom. The molecule has 1 aromatic rings. The van der Waals surface area contributed by atoms with Crippen molar-refractivity contribution in [3.63, 3.8) is 0 Å². The lowest BCUT2D eigenvalue weighted by Crippen LogP contribution is -2.21. The summed E-state index contributed by atoms with van der Waals surface area (Å²) in [6.45, 7) is 4.83. The summed E-state index contributed by atoms with van der Waals surface area (Å²) >= 11 is 0. The van der Waals surface area contributed by atoms with Gasteiger partial charge in [-0.1, -0.05) is 31.9 Å². The highest BCUT2D eigenvalue weighted by Crippen LogP contribution is 2.47. The average molecular weight is 234 g/mol. The van der Waals surface area contributed by atoms with E-state index >= 15 is 0 Å². The van der Waals surface area contributed by atoms with E-state index in [1.54, 1.807) is 0 Å². The predicted octanol–water partition coefficient (Wildman–Crippen LogP) is 3.70. The van der Waals surface area contributed by atoms with Crippen LogP contribution in [0, 0.1) is 5.41 Å². The van der Waals surface area contributed by atoms with Crippen LogP contribution in [0.25, 0.3) is 0 Å². The highest BCUT2D eigenvalue weighted by Gasteiger charge is 2.36. The van der Waals surface area contributed by atoms with Gasteiger partial charge in [0, 0.05) is 0 Å². The minimum atomic E-state index is -0.370. The zero-order valence-electron chi connectivity index (χ0n) is 10.8.